The second-order valence-electron chi connectivity index (χ2n) is 3.68. The molecule has 0 bridgehead atoms. The predicted octanol–water partition coefficient (Wildman–Crippen LogP) is 2.35. The third kappa shape index (κ3) is 3.95. The summed E-state index contributed by atoms with van der Waals surface area (Å²) in [7, 11) is 1.57. The smallest absolute Gasteiger partial charge is 0.341 e. The average molecular weight is 290 g/mol. The second kappa shape index (κ2) is 7.49. The Hall–Kier alpha value is -2.09. The number of benzene rings is 1. The Kier molecular flexibility index (Phi) is 5.98. The monoisotopic (exact) mass is 290 g/mol. The standard InChI is InChI=1S/C12H16F2N2O4/c1-3-19-12(17)7-4-9(16-18)8(15-2)5-10(7)20-6-11(13)14/h4-5,11,15-16,18H,3,6H2,1-2H3. The number of carbonyl (C=O) groups is 1. The van der Waals surface area contributed by atoms with Gasteiger partial charge >= 0.3 is 5.97 Å². The van der Waals surface area contributed by atoms with Crippen molar-refractivity contribution in [1.82, 2.24) is 0 Å². The molecule has 3 N–H and O–H groups in total. The third-order valence-corrected chi connectivity index (χ3v) is 2.37. The fourth-order valence-corrected chi connectivity index (χ4v) is 1.52. The summed E-state index contributed by atoms with van der Waals surface area (Å²) in [6, 6.07) is 2.58. The Bertz CT molecular complexity index is 469. The topological polar surface area (TPSA) is 79.8 Å². The van der Waals surface area contributed by atoms with E-state index >= 15 is 0 Å². The Morgan fingerprint density at radius 1 is 1.40 bits per heavy atom. The summed E-state index contributed by atoms with van der Waals surface area (Å²) in [5.41, 5.74) is 2.42. The molecule has 1 aromatic carbocycles. The Morgan fingerprint density at radius 3 is 2.60 bits per heavy atom. The van der Waals surface area contributed by atoms with Crippen LogP contribution in [0.5, 0.6) is 5.75 Å². The summed E-state index contributed by atoms with van der Waals surface area (Å²) in [4.78, 5) is 11.8. The summed E-state index contributed by atoms with van der Waals surface area (Å²) in [5, 5.41) is 11.7. The molecule has 0 unspecified atom stereocenters. The van der Waals surface area contributed by atoms with E-state index in [0.717, 1.165) is 0 Å². The fourth-order valence-electron chi connectivity index (χ4n) is 1.52. The number of nitrogens with one attached hydrogen (secondary N) is 2. The van der Waals surface area contributed by atoms with E-state index in [1.54, 1.807) is 14.0 Å². The number of ether oxygens (including phenoxy) is 2. The molecule has 0 aliphatic rings. The van der Waals surface area contributed by atoms with Crippen LogP contribution >= 0.6 is 0 Å². The van der Waals surface area contributed by atoms with Crippen LogP contribution in [0.1, 0.15) is 17.3 Å². The lowest BCUT2D eigenvalue weighted by molar-refractivity contribution is 0.0508. The molecule has 0 saturated carbocycles. The zero-order valence-corrected chi connectivity index (χ0v) is 11.1. The molecule has 0 aliphatic carbocycles. The van der Waals surface area contributed by atoms with Gasteiger partial charge in [-0.15, -0.1) is 0 Å². The highest BCUT2D eigenvalue weighted by atomic mass is 19.3. The molecule has 0 aromatic heterocycles. The van der Waals surface area contributed by atoms with E-state index in [-0.39, 0.29) is 23.6 Å². The number of esters is 1. The highest BCUT2D eigenvalue weighted by Crippen LogP contribution is 2.31. The van der Waals surface area contributed by atoms with Gasteiger partial charge in [-0.2, -0.15) is 0 Å². The minimum absolute atomic E-state index is 0.0490. The lowest BCUT2D eigenvalue weighted by atomic mass is 10.1. The van der Waals surface area contributed by atoms with Gasteiger partial charge in [0.25, 0.3) is 6.43 Å². The van der Waals surface area contributed by atoms with Gasteiger partial charge in [0, 0.05) is 13.1 Å². The molecule has 0 aliphatic heterocycles. The molecule has 20 heavy (non-hydrogen) atoms. The SMILES string of the molecule is CCOC(=O)c1cc(NO)c(NC)cc1OCC(F)F. The van der Waals surface area contributed by atoms with Crippen LogP contribution in [0.15, 0.2) is 12.1 Å². The largest absolute Gasteiger partial charge is 0.487 e. The van der Waals surface area contributed by atoms with Gasteiger partial charge < -0.3 is 14.8 Å². The van der Waals surface area contributed by atoms with Crippen LogP contribution in [0.3, 0.4) is 0 Å². The Morgan fingerprint density at radius 2 is 2.10 bits per heavy atom. The number of alkyl halides is 2. The van der Waals surface area contributed by atoms with Crippen LogP contribution in [0.25, 0.3) is 0 Å². The molecule has 112 valence electrons. The summed E-state index contributed by atoms with van der Waals surface area (Å²) < 4.78 is 34.2. The number of hydrogen-bond acceptors (Lipinski definition) is 6. The van der Waals surface area contributed by atoms with E-state index in [4.69, 9.17) is 14.7 Å². The quantitative estimate of drug-likeness (QED) is 0.528. The van der Waals surface area contributed by atoms with Crippen molar-refractivity contribution in [3.05, 3.63) is 17.7 Å². The summed E-state index contributed by atoms with van der Waals surface area (Å²) in [6.07, 6.45) is -2.67. The first kappa shape index (κ1) is 16.0. The van der Waals surface area contributed by atoms with Gasteiger partial charge in [0.2, 0.25) is 0 Å². The first-order valence-corrected chi connectivity index (χ1v) is 5.87. The minimum Gasteiger partial charge on any atom is -0.487 e. The molecular formula is C12H16F2N2O4. The maximum Gasteiger partial charge on any atom is 0.341 e. The molecule has 0 amide bonds. The third-order valence-electron chi connectivity index (χ3n) is 2.37. The number of anilines is 2. The highest BCUT2D eigenvalue weighted by molar-refractivity contribution is 5.95. The number of carbonyl (C=O) groups excluding carboxylic acids is 1. The molecule has 1 rings (SSSR count). The lowest BCUT2D eigenvalue weighted by Crippen LogP contribution is -2.13. The first-order chi connectivity index (χ1) is 9.53. The van der Waals surface area contributed by atoms with Gasteiger partial charge in [-0.3, -0.25) is 10.7 Å². The van der Waals surface area contributed by atoms with Crippen molar-refractivity contribution < 1.29 is 28.3 Å². The summed E-state index contributed by atoms with van der Waals surface area (Å²) in [5.74, 6) is -0.775. The number of rotatable bonds is 7. The van der Waals surface area contributed by atoms with Crippen LogP contribution in [-0.2, 0) is 4.74 Å². The normalized spacial score (nSPS) is 10.3. The first-order valence-electron chi connectivity index (χ1n) is 5.87. The van der Waals surface area contributed by atoms with Crippen molar-refractivity contribution in [2.24, 2.45) is 0 Å². The average Bonchev–Trinajstić information content (AvgIpc) is 2.44. The van der Waals surface area contributed by atoms with Gasteiger partial charge in [-0.1, -0.05) is 0 Å². The van der Waals surface area contributed by atoms with Crippen molar-refractivity contribution in [2.75, 3.05) is 31.1 Å². The van der Waals surface area contributed by atoms with Gasteiger partial charge in [-0.25, -0.2) is 13.6 Å². The second-order valence-corrected chi connectivity index (χ2v) is 3.68. The van der Waals surface area contributed by atoms with Crippen molar-refractivity contribution in [2.45, 2.75) is 13.3 Å². The lowest BCUT2D eigenvalue weighted by Gasteiger charge is -2.15. The van der Waals surface area contributed by atoms with Crippen LogP contribution in [-0.4, -0.2) is 37.9 Å². The van der Waals surface area contributed by atoms with Crippen molar-refractivity contribution >= 4 is 17.3 Å². The van der Waals surface area contributed by atoms with Crippen molar-refractivity contribution in [3.8, 4) is 5.75 Å². The van der Waals surface area contributed by atoms with Crippen LogP contribution in [0, 0.1) is 0 Å². The molecule has 0 spiro atoms. The molecule has 1 aromatic rings. The summed E-state index contributed by atoms with van der Waals surface area (Å²) >= 11 is 0. The molecule has 0 fully saturated rings. The molecule has 0 atom stereocenters. The van der Waals surface area contributed by atoms with E-state index < -0.39 is 19.0 Å². The van der Waals surface area contributed by atoms with Gasteiger partial charge in [0.15, 0.2) is 0 Å². The molecule has 8 heteroatoms. The minimum atomic E-state index is -2.67. The zero-order valence-electron chi connectivity index (χ0n) is 11.1. The molecule has 6 nitrogen and oxygen atoms in total. The fraction of sp³-hybridized carbons (Fsp3) is 0.417. The summed E-state index contributed by atoms with van der Waals surface area (Å²) in [6.45, 7) is 0.898. The number of hydrogen-bond donors (Lipinski definition) is 3. The van der Waals surface area contributed by atoms with E-state index in [0.29, 0.717) is 5.69 Å². The van der Waals surface area contributed by atoms with E-state index in [1.807, 2.05) is 5.48 Å². The van der Waals surface area contributed by atoms with Crippen LogP contribution < -0.4 is 15.5 Å². The molecule has 0 radical (unpaired) electrons. The highest BCUT2D eigenvalue weighted by Gasteiger charge is 2.18. The van der Waals surface area contributed by atoms with E-state index in [9.17, 15) is 13.6 Å². The molecular weight excluding hydrogens is 274 g/mol. The van der Waals surface area contributed by atoms with Crippen molar-refractivity contribution in [1.29, 1.82) is 0 Å². The maximum absolute atomic E-state index is 12.2. The maximum atomic E-state index is 12.2. The van der Waals surface area contributed by atoms with Crippen LogP contribution in [0.2, 0.25) is 0 Å². The van der Waals surface area contributed by atoms with E-state index in [1.165, 1.54) is 12.1 Å². The number of halogens is 2. The van der Waals surface area contributed by atoms with Gasteiger partial charge in [-0.05, 0) is 13.0 Å². The molecule has 0 heterocycles. The van der Waals surface area contributed by atoms with Gasteiger partial charge in [0.1, 0.15) is 17.9 Å². The Balaban J connectivity index is 3.17. The van der Waals surface area contributed by atoms with E-state index in [2.05, 4.69) is 5.32 Å². The Labute approximate surface area is 114 Å². The molecule has 0 saturated heterocycles. The predicted molar refractivity (Wildman–Crippen MR) is 68.9 cm³/mol. The zero-order chi connectivity index (χ0) is 15.1. The van der Waals surface area contributed by atoms with Gasteiger partial charge in [0.05, 0.1) is 18.0 Å². The van der Waals surface area contributed by atoms with Crippen molar-refractivity contribution in [3.63, 3.8) is 0 Å². The van der Waals surface area contributed by atoms with Crippen LogP contribution in [0.4, 0.5) is 20.2 Å².